The first kappa shape index (κ1) is 16.2. The fourth-order valence-electron chi connectivity index (χ4n) is 2.28. The molecule has 1 aromatic carbocycles. The minimum atomic E-state index is -0.880. The van der Waals surface area contributed by atoms with E-state index in [9.17, 15) is 9.90 Å². The minimum Gasteiger partial charge on any atom is -0.507 e. The molecule has 0 saturated carbocycles. The smallest absolute Gasteiger partial charge is 0.307 e. The Morgan fingerprint density at radius 3 is 2.20 bits per heavy atom. The predicted molar refractivity (Wildman–Crippen MR) is 78.2 cm³/mol. The Kier molecular flexibility index (Phi) is 5.34. The zero-order valence-corrected chi connectivity index (χ0v) is 12.4. The number of carboxylic acids is 1. The van der Waals surface area contributed by atoms with Gasteiger partial charge in [-0.25, -0.2) is 0 Å². The van der Waals surface area contributed by atoms with Crippen molar-refractivity contribution in [1.82, 2.24) is 0 Å². The van der Waals surface area contributed by atoms with Crippen molar-refractivity contribution >= 4 is 5.97 Å². The molecule has 4 heteroatoms. The molecule has 0 aliphatic heterocycles. The highest BCUT2D eigenvalue weighted by molar-refractivity contribution is 5.72. The second kappa shape index (κ2) is 6.57. The Labute approximate surface area is 119 Å². The lowest BCUT2D eigenvalue weighted by Gasteiger charge is -2.18. The van der Waals surface area contributed by atoms with Gasteiger partial charge in [0.1, 0.15) is 5.75 Å². The average Bonchev–Trinajstić information content (AvgIpc) is 2.40. The van der Waals surface area contributed by atoms with Crippen LogP contribution in [0.5, 0.6) is 5.75 Å². The van der Waals surface area contributed by atoms with Crippen LogP contribution in [0.15, 0.2) is 11.6 Å². The molecule has 0 aliphatic rings. The van der Waals surface area contributed by atoms with Crippen LogP contribution >= 0.6 is 0 Å². The fourth-order valence-corrected chi connectivity index (χ4v) is 2.28. The van der Waals surface area contributed by atoms with Crippen molar-refractivity contribution in [3.8, 4) is 5.75 Å². The van der Waals surface area contributed by atoms with E-state index in [4.69, 9.17) is 10.2 Å². The maximum atomic E-state index is 11.0. The number of aliphatic hydroxyl groups is 1. The Balaban J connectivity index is 3.37. The van der Waals surface area contributed by atoms with Gasteiger partial charge >= 0.3 is 5.97 Å². The first-order chi connectivity index (χ1) is 9.29. The molecule has 1 aromatic rings. The number of aliphatic carboxylic acids is 1. The van der Waals surface area contributed by atoms with Gasteiger partial charge in [-0.3, -0.25) is 4.79 Å². The number of hydrogen-bond acceptors (Lipinski definition) is 3. The van der Waals surface area contributed by atoms with Gasteiger partial charge in [-0.1, -0.05) is 11.6 Å². The number of phenols is 1. The third kappa shape index (κ3) is 3.39. The van der Waals surface area contributed by atoms with Gasteiger partial charge in [0.15, 0.2) is 0 Å². The monoisotopic (exact) mass is 278 g/mol. The van der Waals surface area contributed by atoms with E-state index in [-0.39, 0.29) is 18.8 Å². The summed E-state index contributed by atoms with van der Waals surface area (Å²) in [6.45, 7) is 7.25. The molecule has 0 amide bonds. The number of carboxylic acid groups (broad SMARTS) is 1. The molecule has 3 N–H and O–H groups in total. The Morgan fingerprint density at radius 1 is 1.10 bits per heavy atom. The van der Waals surface area contributed by atoms with Crippen LogP contribution < -0.4 is 0 Å². The summed E-state index contributed by atoms with van der Waals surface area (Å²) in [5.74, 6) is -0.662. The largest absolute Gasteiger partial charge is 0.507 e. The second-order valence-corrected chi connectivity index (χ2v) is 5.16. The van der Waals surface area contributed by atoms with E-state index in [2.05, 4.69) is 0 Å². The van der Waals surface area contributed by atoms with Gasteiger partial charge in [0.05, 0.1) is 13.0 Å². The molecule has 0 fully saturated rings. The van der Waals surface area contributed by atoms with Crippen molar-refractivity contribution in [3.63, 3.8) is 0 Å². The first-order valence-electron chi connectivity index (χ1n) is 6.58. The van der Waals surface area contributed by atoms with Crippen LogP contribution in [-0.2, 0) is 17.6 Å². The van der Waals surface area contributed by atoms with Crippen molar-refractivity contribution in [3.05, 3.63) is 39.5 Å². The lowest BCUT2D eigenvalue weighted by molar-refractivity contribution is -0.136. The SMILES string of the molecule is CC(=CCc1c(C)c(CC(=O)O)c(C)c(C)c1O)CO. The van der Waals surface area contributed by atoms with Crippen molar-refractivity contribution in [1.29, 1.82) is 0 Å². The molecule has 0 spiro atoms. The van der Waals surface area contributed by atoms with Crippen molar-refractivity contribution < 1.29 is 20.1 Å². The summed E-state index contributed by atoms with van der Waals surface area (Å²) in [7, 11) is 0. The van der Waals surface area contributed by atoms with E-state index in [1.54, 1.807) is 6.92 Å². The van der Waals surface area contributed by atoms with Crippen molar-refractivity contribution in [2.24, 2.45) is 0 Å². The molecule has 0 bridgehead atoms. The third-order valence-electron chi connectivity index (χ3n) is 3.79. The maximum absolute atomic E-state index is 11.0. The van der Waals surface area contributed by atoms with Crippen LogP contribution in [0.25, 0.3) is 0 Å². The van der Waals surface area contributed by atoms with E-state index in [1.807, 2.05) is 26.8 Å². The molecule has 0 aliphatic carbocycles. The van der Waals surface area contributed by atoms with Crippen LogP contribution in [0.4, 0.5) is 0 Å². The van der Waals surface area contributed by atoms with Gasteiger partial charge in [-0.2, -0.15) is 0 Å². The molecule has 0 radical (unpaired) electrons. The molecule has 20 heavy (non-hydrogen) atoms. The molecule has 1 rings (SSSR count). The first-order valence-corrected chi connectivity index (χ1v) is 6.58. The lowest BCUT2D eigenvalue weighted by atomic mass is 9.89. The second-order valence-electron chi connectivity index (χ2n) is 5.16. The zero-order chi connectivity index (χ0) is 15.4. The van der Waals surface area contributed by atoms with E-state index in [0.29, 0.717) is 6.42 Å². The number of benzene rings is 1. The van der Waals surface area contributed by atoms with Crippen LogP contribution in [-0.4, -0.2) is 27.9 Å². The molecule has 0 unspecified atom stereocenters. The summed E-state index contributed by atoms with van der Waals surface area (Å²) < 4.78 is 0. The number of phenolic OH excluding ortho intramolecular Hbond substituents is 1. The standard InChI is InChI=1S/C16H22O4/c1-9(8-17)5-6-13-12(4)14(7-15(18)19)10(2)11(3)16(13)20/h5,17,20H,6-8H2,1-4H3,(H,18,19). The van der Waals surface area contributed by atoms with E-state index in [0.717, 1.165) is 33.4 Å². The number of rotatable bonds is 5. The molecule has 4 nitrogen and oxygen atoms in total. The summed E-state index contributed by atoms with van der Waals surface area (Å²) in [5.41, 5.74) is 4.68. The van der Waals surface area contributed by atoms with Crippen LogP contribution in [0.2, 0.25) is 0 Å². The van der Waals surface area contributed by atoms with E-state index >= 15 is 0 Å². The molecule has 0 saturated heterocycles. The highest BCUT2D eigenvalue weighted by Gasteiger charge is 2.17. The van der Waals surface area contributed by atoms with E-state index < -0.39 is 5.97 Å². The zero-order valence-electron chi connectivity index (χ0n) is 12.4. The number of hydrogen-bond donors (Lipinski definition) is 3. The van der Waals surface area contributed by atoms with Gasteiger partial charge in [0.25, 0.3) is 0 Å². The Hall–Kier alpha value is -1.81. The number of aliphatic hydroxyl groups excluding tert-OH is 1. The lowest BCUT2D eigenvalue weighted by Crippen LogP contribution is -2.08. The van der Waals surface area contributed by atoms with Gasteiger partial charge < -0.3 is 15.3 Å². The van der Waals surface area contributed by atoms with Crippen LogP contribution in [0, 0.1) is 20.8 Å². The van der Waals surface area contributed by atoms with Gasteiger partial charge in [0.2, 0.25) is 0 Å². The van der Waals surface area contributed by atoms with Gasteiger partial charge in [-0.15, -0.1) is 0 Å². The number of allylic oxidation sites excluding steroid dienone is 1. The summed E-state index contributed by atoms with van der Waals surface area (Å²) in [6.07, 6.45) is 2.29. The summed E-state index contributed by atoms with van der Waals surface area (Å²) in [4.78, 5) is 11.0. The van der Waals surface area contributed by atoms with Crippen LogP contribution in [0.3, 0.4) is 0 Å². The predicted octanol–water partition coefficient (Wildman–Crippen LogP) is 2.43. The number of carbonyl (C=O) groups is 1. The van der Waals surface area contributed by atoms with Crippen molar-refractivity contribution in [2.45, 2.75) is 40.5 Å². The molecule has 110 valence electrons. The molecule has 0 heterocycles. The summed E-state index contributed by atoms with van der Waals surface area (Å²) >= 11 is 0. The molecular formula is C16H22O4. The third-order valence-corrected chi connectivity index (χ3v) is 3.79. The van der Waals surface area contributed by atoms with E-state index in [1.165, 1.54) is 0 Å². The number of aromatic hydroxyl groups is 1. The normalized spacial score (nSPS) is 11.8. The van der Waals surface area contributed by atoms with Crippen LogP contribution in [0.1, 0.15) is 34.7 Å². The quantitative estimate of drug-likeness (QED) is 0.723. The maximum Gasteiger partial charge on any atom is 0.307 e. The topological polar surface area (TPSA) is 77.8 Å². The Morgan fingerprint density at radius 2 is 1.70 bits per heavy atom. The average molecular weight is 278 g/mol. The fraction of sp³-hybridized carbons (Fsp3) is 0.438. The molecule has 0 atom stereocenters. The Bertz CT molecular complexity index is 556. The highest BCUT2D eigenvalue weighted by Crippen LogP contribution is 2.33. The van der Waals surface area contributed by atoms with Crippen molar-refractivity contribution in [2.75, 3.05) is 6.61 Å². The summed E-state index contributed by atoms with van der Waals surface area (Å²) in [6, 6.07) is 0. The van der Waals surface area contributed by atoms with Gasteiger partial charge in [0, 0.05) is 5.56 Å². The summed E-state index contributed by atoms with van der Waals surface area (Å²) in [5, 5.41) is 28.3. The molecular weight excluding hydrogens is 256 g/mol. The minimum absolute atomic E-state index is 0.0212. The highest BCUT2D eigenvalue weighted by atomic mass is 16.4. The van der Waals surface area contributed by atoms with Gasteiger partial charge in [-0.05, 0) is 56.4 Å². The molecule has 0 aromatic heterocycles.